The Morgan fingerprint density at radius 3 is 2.83 bits per heavy atom. The number of fused-ring (bicyclic) bond motifs is 1. The standard InChI is InChI=1S/C16H18N2O5/c1-2-3-9-22-16(21)12-11-13(23-17-12)15(20)18(14(11)19)10-7-5-4-6-8-10/h4-8,11,13,15,20H,2-3,9H2,1H3. The number of aliphatic hydroxyl groups is 1. The summed E-state index contributed by atoms with van der Waals surface area (Å²) < 4.78 is 5.10. The molecule has 7 nitrogen and oxygen atoms in total. The third kappa shape index (κ3) is 2.68. The number of esters is 1. The maximum atomic E-state index is 12.6. The molecule has 0 aromatic heterocycles. The summed E-state index contributed by atoms with van der Waals surface area (Å²) >= 11 is 0. The number of carbonyl (C=O) groups is 2. The molecule has 1 N–H and O–H groups in total. The molecule has 3 atom stereocenters. The van der Waals surface area contributed by atoms with Crippen LogP contribution in [0.2, 0.25) is 0 Å². The van der Waals surface area contributed by atoms with E-state index in [1.54, 1.807) is 24.3 Å². The molecule has 1 aromatic rings. The van der Waals surface area contributed by atoms with Gasteiger partial charge in [0.05, 0.1) is 6.61 Å². The minimum atomic E-state index is -1.19. The second kappa shape index (κ2) is 6.37. The van der Waals surface area contributed by atoms with E-state index in [0.717, 1.165) is 12.8 Å². The van der Waals surface area contributed by atoms with Crippen molar-refractivity contribution in [2.24, 2.45) is 11.1 Å². The average Bonchev–Trinajstić information content (AvgIpc) is 3.09. The molecule has 122 valence electrons. The van der Waals surface area contributed by atoms with Crippen molar-refractivity contribution in [3.8, 4) is 0 Å². The van der Waals surface area contributed by atoms with Crippen LogP contribution in [0.15, 0.2) is 35.5 Å². The van der Waals surface area contributed by atoms with Gasteiger partial charge in [0, 0.05) is 5.69 Å². The van der Waals surface area contributed by atoms with Crippen LogP contribution in [0.4, 0.5) is 5.69 Å². The molecular weight excluding hydrogens is 300 g/mol. The van der Waals surface area contributed by atoms with Crippen LogP contribution >= 0.6 is 0 Å². The number of hydrogen-bond donors (Lipinski definition) is 1. The van der Waals surface area contributed by atoms with Crippen molar-refractivity contribution >= 4 is 23.3 Å². The Bertz CT molecular complexity index is 631. The van der Waals surface area contributed by atoms with E-state index in [0.29, 0.717) is 5.69 Å². The summed E-state index contributed by atoms with van der Waals surface area (Å²) in [5, 5.41) is 14.0. The summed E-state index contributed by atoms with van der Waals surface area (Å²) in [5.74, 6) is -2.02. The van der Waals surface area contributed by atoms with Gasteiger partial charge in [-0.05, 0) is 18.6 Å². The molecule has 2 aliphatic heterocycles. The topological polar surface area (TPSA) is 88.4 Å². The molecule has 2 aliphatic rings. The first-order valence-corrected chi connectivity index (χ1v) is 7.62. The number of anilines is 1. The van der Waals surface area contributed by atoms with Gasteiger partial charge in [-0.15, -0.1) is 0 Å². The number of hydrogen-bond acceptors (Lipinski definition) is 6. The lowest BCUT2D eigenvalue weighted by Crippen LogP contribution is -2.37. The van der Waals surface area contributed by atoms with Gasteiger partial charge in [0.15, 0.2) is 18.0 Å². The van der Waals surface area contributed by atoms with E-state index in [-0.39, 0.29) is 12.3 Å². The second-order valence-corrected chi connectivity index (χ2v) is 5.47. The lowest BCUT2D eigenvalue weighted by Gasteiger charge is -2.21. The van der Waals surface area contributed by atoms with Crippen molar-refractivity contribution in [1.82, 2.24) is 0 Å². The van der Waals surface area contributed by atoms with Crippen molar-refractivity contribution in [3.63, 3.8) is 0 Å². The second-order valence-electron chi connectivity index (χ2n) is 5.47. The maximum Gasteiger partial charge on any atom is 0.357 e. The number of oxime groups is 1. The van der Waals surface area contributed by atoms with E-state index in [9.17, 15) is 14.7 Å². The van der Waals surface area contributed by atoms with Crippen molar-refractivity contribution in [2.75, 3.05) is 11.5 Å². The average molecular weight is 318 g/mol. The molecule has 1 amide bonds. The van der Waals surface area contributed by atoms with Gasteiger partial charge in [0.1, 0.15) is 5.92 Å². The van der Waals surface area contributed by atoms with Gasteiger partial charge in [0.25, 0.3) is 0 Å². The summed E-state index contributed by atoms with van der Waals surface area (Å²) in [7, 11) is 0. The molecule has 23 heavy (non-hydrogen) atoms. The van der Waals surface area contributed by atoms with Crippen LogP contribution < -0.4 is 4.90 Å². The first-order valence-electron chi connectivity index (χ1n) is 7.62. The lowest BCUT2D eigenvalue weighted by atomic mass is 9.99. The summed E-state index contributed by atoms with van der Waals surface area (Å²) in [5.41, 5.74) is 0.468. The van der Waals surface area contributed by atoms with Crippen LogP contribution in [0, 0.1) is 5.92 Å². The lowest BCUT2D eigenvalue weighted by molar-refractivity contribution is -0.136. The third-order valence-corrected chi connectivity index (χ3v) is 3.93. The fourth-order valence-corrected chi connectivity index (χ4v) is 2.72. The smallest absolute Gasteiger partial charge is 0.357 e. The molecule has 0 radical (unpaired) electrons. The van der Waals surface area contributed by atoms with E-state index < -0.39 is 30.1 Å². The van der Waals surface area contributed by atoms with Crippen LogP contribution in [0.1, 0.15) is 19.8 Å². The van der Waals surface area contributed by atoms with Gasteiger partial charge in [-0.3, -0.25) is 9.69 Å². The largest absolute Gasteiger partial charge is 0.461 e. The molecule has 0 aliphatic carbocycles. The van der Waals surface area contributed by atoms with Gasteiger partial charge in [-0.1, -0.05) is 36.7 Å². The Labute approximate surface area is 133 Å². The number of nitrogens with zero attached hydrogens (tertiary/aromatic N) is 2. The number of ether oxygens (including phenoxy) is 1. The zero-order chi connectivity index (χ0) is 16.4. The van der Waals surface area contributed by atoms with Crippen molar-refractivity contribution in [3.05, 3.63) is 30.3 Å². The molecule has 3 unspecified atom stereocenters. The fraction of sp³-hybridized carbons (Fsp3) is 0.438. The van der Waals surface area contributed by atoms with Gasteiger partial charge < -0.3 is 14.7 Å². The van der Waals surface area contributed by atoms with Gasteiger partial charge >= 0.3 is 5.97 Å². The molecule has 0 bridgehead atoms. The molecule has 1 aromatic carbocycles. The van der Waals surface area contributed by atoms with E-state index in [1.807, 2.05) is 13.0 Å². The predicted octanol–water partition coefficient (Wildman–Crippen LogP) is 1.07. The number of para-hydroxylation sites is 1. The number of amides is 1. The van der Waals surface area contributed by atoms with Crippen LogP contribution in [-0.4, -0.2) is 41.6 Å². The molecule has 3 rings (SSSR count). The van der Waals surface area contributed by atoms with Crippen molar-refractivity contribution in [1.29, 1.82) is 0 Å². The monoisotopic (exact) mass is 318 g/mol. The quantitative estimate of drug-likeness (QED) is 0.648. The van der Waals surface area contributed by atoms with Crippen LogP contribution in [0.5, 0.6) is 0 Å². The highest BCUT2D eigenvalue weighted by molar-refractivity contribution is 6.42. The predicted molar refractivity (Wildman–Crippen MR) is 81.6 cm³/mol. The molecule has 0 spiro atoms. The SMILES string of the molecule is CCCCOC(=O)C1=NOC2C1C(=O)N(c1ccccc1)C2O. The number of rotatable bonds is 5. The Balaban J connectivity index is 1.78. The molecule has 1 fully saturated rings. The first kappa shape index (κ1) is 15.5. The summed E-state index contributed by atoms with van der Waals surface area (Å²) in [6, 6.07) is 8.75. The van der Waals surface area contributed by atoms with Crippen LogP contribution in [-0.2, 0) is 19.2 Å². The Hall–Kier alpha value is -2.41. The maximum absolute atomic E-state index is 12.6. The highest BCUT2D eigenvalue weighted by Crippen LogP contribution is 2.35. The number of aliphatic hydroxyl groups excluding tert-OH is 1. The van der Waals surface area contributed by atoms with Crippen LogP contribution in [0.3, 0.4) is 0 Å². The highest BCUT2D eigenvalue weighted by Gasteiger charge is 2.57. The minimum absolute atomic E-state index is 0.0754. The molecule has 0 saturated carbocycles. The fourth-order valence-electron chi connectivity index (χ4n) is 2.72. The number of carbonyl (C=O) groups excluding carboxylic acids is 2. The minimum Gasteiger partial charge on any atom is -0.461 e. The van der Waals surface area contributed by atoms with Crippen LogP contribution in [0.25, 0.3) is 0 Å². The van der Waals surface area contributed by atoms with Gasteiger partial charge in [-0.2, -0.15) is 0 Å². The molecule has 2 heterocycles. The zero-order valence-electron chi connectivity index (χ0n) is 12.7. The van der Waals surface area contributed by atoms with E-state index >= 15 is 0 Å². The third-order valence-electron chi connectivity index (χ3n) is 3.93. The van der Waals surface area contributed by atoms with E-state index in [1.165, 1.54) is 4.90 Å². The van der Waals surface area contributed by atoms with E-state index in [2.05, 4.69) is 5.16 Å². The summed E-state index contributed by atoms with van der Waals surface area (Å²) in [6.07, 6.45) is -0.460. The number of benzene rings is 1. The van der Waals surface area contributed by atoms with Crippen molar-refractivity contribution < 1.29 is 24.3 Å². The zero-order valence-corrected chi connectivity index (χ0v) is 12.7. The Kier molecular flexibility index (Phi) is 4.29. The highest BCUT2D eigenvalue weighted by atomic mass is 16.7. The molecule has 7 heteroatoms. The van der Waals surface area contributed by atoms with Gasteiger partial charge in [-0.25, -0.2) is 4.79 Å². The normalized spacial score (nSPS) is 25.8. The summed E-state index contributed by atoms with van der Waals surface area (Å²) in [6.45, 7) is 2.25. The summed E-state index contributed by atoms with van der Waals surface area (Å²) in [4.78, 5) is 31.1. The molecule has 1 saturated heterocycles. The molecular formula is C16H18N2O5. The van der Waals surface area contributed by atoms with Gasteiger partial charge in [0.2, 0.25) is 5.91 Å². The van der Waals surface area contributed by atoms with E-state index in [4.69, 9.17) is 9.57 Å². The Morgan fingerprint density at radius 1 is 1.39 bits per heavy atom. The Morgan fingerprint density at radius 2 is 2.13 bits per heavy atom. The first-order chi connectivity index (χ1) is 11.1. The van der Waals surface area contributed by atoms with Crippen molar-refractivity contribution in [2.45, 2.75) is 32.1 Å². The number of unbranched alkanes of at least 4 members (excludes halogenated alkanes) is 1.